The maximum absolute atomic E-state index is 14.6. The predicted molar refractivity (Wildman–Crippen MR) is 235 cm³/mol. The standard InChI is InChI=1S/C45H62N7O9P/c1-32-33(2)41(49-51-46)40(59-38(32)29-55-26-35-18-10-7-11-19-35)31-62(4,54)61-43-34(3)42(50-52-47)44(60-39(43)30-56-27-36-20-12-8-13-21-36)57-25-17-6-5-16-24-48-45(53)58-28-37-22-14-9-15-23-37/h7-15,18-23,32-34,38-44H,5-6,16-17,24-31H2,1-4H3,(H,48,53)/t32-,33-,34+,38?,39?,40+,41?,42?,43-,44-,62?/m0/s1. The molecule has 2 aliphatic heterocycles. The minimum absolute atomic E-state index is 0.00716. The zero-order valence-corrected chi connectivity index (χ0v) is 37.1. The Kier molecular flexibility index (Phi) is 20.1. The third-order valence-corrected chi connectivity index (χ3v) is 13.3. The average Bonchev–Trinajstić information content (AvgIpc) is 3.27. The molecule has 1 N–H and O–H groups in total. The minimum atomic E-state index is -3.53. The summed E-state index contributed by atoms with van der Waals surface area (Å²) in [6.45, 7) is 9.64. The van der Waals surface area contributed by atoms with E-state index in [0.29, 0.717) is 39.4 Å². The van der Waals surface area contributed by atoms with Crippen molar-refractivity contribution in [1.29, 1.82) is 0 Å². The molecular weight excluding hydrogens is 814 g/mol. The highest BCUT2D eigenvalue weighted by Crippen LogP contribution is 2.51. The Labute approximate surface area is 365 Å². The summed E-state index contributed by atoms with van der Waals surface area (Å²) in [6, 6.07) is 27.7. The molecule has 5 unspecified atom stereocenters. The van der Waals surface area contributed by atoms with Gasteiger partial charge in [-0.2, -0.15) is 0 Å². The Balaban J connectivity index is 1.18. The van der Waals surface area contributed by atoms with Gasteiger partial charge in [-0.25, -0.2) is 4.79 Å². The van der Waals surface area contributed by atoms with E-state index in [1.54, 1.807) is 6.66 Å². The first-order valence-electron chi connectivity index (χ1n) is 21.5. The zero-order chi connectivity index (χ0) is 44.2. The van der Waals surface area contributed by atoms with Crippen LogP contribution in [0.25, 0.3) is 20.9 Å². The van der Waals surface area contributed by atoms with Crippen LogP contribution in [0.5, 0.6) is 0 Å². The van der Waals surface area contributed by atoms with Crippen molar-refractivity contribution < 1.29 is 42.3 Å². The Hall–Kier alpha value is -4.46. The number of alkyl carbamates (subject to hydrolysis) is 1. The molecule has 1 amide bonds. The normalized spacial score (nSPS) is 26.9. The van der Waals surface area contributed by atoms with Crippen molar-refractivity contribution in [2.24, 2.45) is 28.0 Å². The molecule has 62 heavy (non-hydrogen) atoms. The second-order valence-electron chi connectivity index (χ2n) is 16.3. The number of rotatable bonds is 24. The van der Waals surface area contributed by atoms with Crippen LogP contribution in [0.15, 0.2) is 101 Å². The number of ether oxygens (including phenoxy) is 6. The van der Waals surface area contributed by atoms with E-state index >= 15 is 0 Å². The molecule has 16 nitrogen and oxygen atoms in total. The number of nitrogens with zero attached hydrogens (tertiary/aromatic N) is 6. The van der Waals surface area contributed by atoms with Crippen molar-refractivity contribution in [3.8, 4) is 0 Å². The molecule has 2 heterocycles. The highest BCUT2D eigenvalue weighted by atomic mass is 31.2. The van der Waals surface area contributed by atoms with E-state index in [-0.39, 0.29) is 37.3 Å². The summed E-state index contributed by atoms with van der Waals surface area (Å²) in [6.07, 6.45) is -0.811. The van der Waals surface area contributed by atoms with Crippen LogP contribution >= 0.6 is 7.37 Å². The van der Waals surface area contributed by atoms with Crippen LogP contribution in [0, 0.1) is 17.8 Å². The smallest absolute Gasteiger partial charge is 0.407 e. The number of carbonyl (C=O) groups is 1. The summed E-state index contributed by atoms with van der Waals surface area (Å²) >= 11 is 0. The van der Waals surface area contributed by atoms with Crippen molar-refractivity contribution in [3.05, 3.63) is 129 Å². The van der Waals surface area contributed by atoms with Crippen LogP contribution in [-0.4, -0.2) is 88.1 Å². The topological polar surface area (TPSA) is 208 Å². The lowest BCUT2D eigenvalue weighted by Crippen LogP contribution is -2.55. The van der Waals surface area contributed by atoms with Crippen LogP contribution in [0.2, 0.25) is 0 Å². The number of unbranched alkanes of at least 4 members (excludes halogenated alkanes) is 3. The fourth-order valence-electron chi connectivity index (χ4n) is 7.87. The Morgan fingerprint density at radius 2 is 1.24 bits per heavy atom. The number of hydrogen-bond acceptors (Lipinski definition) is 11. The van der Waals surface area contributed by atoms with Gasteiger partial charge in [0, 0.05) is 29.6 Å². The van der Waals surface area contributed by atoms with Crippen LogP contribution in [0.4, 0.5) is 4.79 Å². The van der Waals surface area contributed by atoms with Crippen molar-refractivity contribution in [3.63, 3.8) is 0 Å². The van der Waals surface area contributed by atoms with Crippen molar-refractivity contribution in [1.82, 2.24) is 5.32 Å². The van der Waals surface area contributed by atoms with E-state index in [9.17, 15) is 20.4 Å². The minimum Gasteiger partial charge on any atom is -0.445 e. The molecule has 0 bridgehead atoms. The molecule has 0 radical (unpaired) electrons. The van der Waals surface area contributed by atoms with E-state index < -0.39 is 56.1 Å². The van der Waals surface area contributed by atoms with Crippen LogP contribution < -0.4 is 5.32 Å². The molecule has 11 atom stereocenters. The summed E-state index contributed by atoms with van der Waals surface area (Å²) in [5, 5.41) is 11.0. The lowest BCUT2D eigenvalue weighted by atomic mass is 9.80. The van der Waals surface area contributed by atoms with Crippen molar-refractivity contribution in [2.75, 3.05) is 39.2 Å². The van der Waals surface area contributed by atoms with Gasteiger partial charge in [-0.15, -0.1) is 0 Å². The van der Waals surface area contributed by atoms with E-state index in [0.717, 1.165) is 36.0 Å². The SMILES string of the molecule is C[C@@H]1C(COCc2ccccc2)O[C@H](CP(C)(=O)O[C@@H]2C(COCc3ccccc3)O[C@H](OCCCCCCNC(=O)OCc3ccccc3)C(N=[N+]=[N-])[C@H]2C)C(N=[N+]=[N-])[C@H]1C. The number of hydrogen-bond donors (Lipinski definition) is 1. The first kappa shape index (κ1) is 48.6. The van der Waals surface area contributed by atoms with Gasteiger partial charge in [-0.1, -0.05) is 135 Å². The third-order valence-electron chi connectivity index (χ3n) is 11.5. The van der Waals surface area contributed by atoms with E-state index in [1.165, 1.54) is 0 Å². The van der Waals surface area contributed by atoms with Gasteiger partial charge in [0.2, 0.25) is 7.37 Å². The molecule has 0 aromatic heterocycles. The quantitative estimate of drug-likeness (QED) is 0.0298. The maximum Gasteiger partial charge on any atom is 0.407 e. The van der Waals surface area contributed by atoms with E-state index in [2.05, 4.69) is 25.4 Å². The van der Waals surface area contributed by atoms with Gasteiger partial charge in [0.25, 0.3) is 0 Å². The zero-order valence-electron chi connectivity index (χ0n) is 36.2. The first-order valence-corrected chi connectivity index (χ1v) is 23.8. The van der Waals surface area contributed by atoms with Crippen LogP contribution in [-0.2, 0) is 57.3 Å². The van der Waals surface area contributed by atoms with E-state index in [1.807, 2.05) is 112 Å². The number of carbonyl (C=O) groups excluding carboxylic acids is 1. The monoisotopic (exact) mass is 875 g/mol. The summed E-state index contributed by atoms with van der Waals surface area (Å²) < 4.78 is 58.0. The molecule has 17 heteroatoms. The Morgan fingerprint density at radius 3 is 1.84 bits per heavy atom. The Bertz CT molecular complexity index is 1920. The second-order valence-corrected chi connectivity index (χ2v) is 18.9. The summed E-state index contributed by atoms with van der Waals surface area (Å²) in [5.74, 6) is -0.592. The van der Waals surface area contributed by atoms with Gasteiger partial charge in [0.15, 0.2) is 6.29 Å². The molecule has 0 saturated carbocycles. The van der Waals surface area contributed by atoms with Gasteiger partial charge in [0.1, 0.15) is 12.7 Å². The lowest BCUT2D eigenvalue weighted by Gasteiger charge is -2.46. The fraction of sp³-hybridized carbons (Fsp3) is 0.578. The Morgan fingerprint density at radius 1 is 0.694 bits per heavy atom. The second kappa shape index (κ2) is 25.6. The summed E-state index contributed by atoms with van der Waals surface area (Å²) in [5.41, 5.74) is 22.1. The number of azide groups is 2. The molecule has 336 valence electrons. The largest absolute Gasteiger partial charge is 0.445 e. The van der Waals surface area contributed by atoms with Crippen molar-refractivity contribution >= 4 is 13.5 Å². The third kappa shape index (κ3) is 15.4. The summed E-state index contributed by atoms with van der Waals surface area (Å²) in [4.78, 5) is 18.3. The first-order chi connectivity index (χ1) is 30.1. The van der Waals surface area contributed by atoms with Crippen LogP contribution in [0.1, 0.15) is 63.1 Å². The molecule has 0 aliphatic carbocycles. The molecule has 3 aromatic carbocycles. The fourth-order valence-corrected chi connectivity index (χ4v) is 9.76. The molecule has 5 rings (SSSR count). The van der Waals surface area contributed by atoms with Gasteiger partial charge < -0.3 is 38.3 Å². The average molecular weight is 876 g/mol. The van der Waals surface area contributed by atoms with Gasteiger partial charge >= 0.3 is 6.09 Å². The molecule has 3 aromatic rings. The molecule has 2 fully saturated rings. The number of benzene rings is 3. The van der Waals surface area contributed by atoms with Gasteiger partial charge in [-0.3, -0.25) is 4.57 Å². The molecule has 2 aliphatic rings. The van der Waals surface area contributed by atoms with Crippen molar-refractivity contribution in [2.45, 2.75) is 109 Å². The molecule has 2 saturated heterocycles. The molecular formula is C45H62N7O9P. The number of amides is 1. The lowest BCUT2D eigenvalue weighted by molar-refractivity contribution is -0.251. The predicted octanol–water partition coefficient (Wildman–Crippen LogP) is 9.97. The van der Waals surface area contributed by atoms with E-state index in [4.69, 9.17) is 32.9 Å². The summed E-state index contributed by atoms with van der Waals surface area (Å²) in [7, 11) is -3.53. The van der Waals surface area contributed by atoms with Gasteiger partial charge in [0.05, 0.1) is 63.0 Å². The highest BCUT2D eigenvalue weighted by Gasteiger charge is 2.48. The highest BCUT2D eigenvalue weighted by molar-refractivity contribution is 7.58. The molecule has 0 spiro atoms. The number of nitrogens with one attached hydrogen (secondary N) is 1. The van der Waals surface area contributed by atoms with Crippen LogP contribution in [0.3, 0.4) is 0 Å². The van der Waals surface area contributed by atoms with Gasteiger partial charge in [-0.05, 0) is 58.3 Å². The maximum atomic E-state index is 14.6.